The Kier molecular flexibility index (Phi) is 8.13. The minimum absolute atomic E-state index is 0.103. The van der Waals surface area contributed by atoms with Crippen LogP contribution in [0.4, 0.5) is 5.69 Å². The van der Waals surface area contributed by atoms with Gasteiger partial charge in [-0.2, -0.15) is 0 Å². The van der Waals surface area contributed by atoms with Gasteiger partial charge in [0.15, 0.2) is 0 Å². The molecule has 6 atom stereocenters. The molecule has 3 amide bonds. The van der Waals surface area contributed by atoms with E-state index in [1.807, 2.05) is 81.5 Å². The Labute approximate surface area is 218 Å². The Morgan fingerprint density at radius 1 is 1.00 bits per heavy atom. The average molecular weight is 504 g/mol. The zero-order valence-corrected chi connectivity index (χ0v) is 22.0. The van der Waals surface area contributed by atoms with Crippen molar-refractivity contribution in [2.45, 2.75) is 45.7 Å². The van der Waals surface area contributed by atoms with Crippen LogP contribution in [-0.4, -0.2) is 53.5 Å². The van der Waals surface area contributed by atoms with Crippen LogP contribution >= 0.6 is 0 Å². The number of para-hydroxylation sites is 1. The first-order chi connectivity index (χ1) is 17.8. The van der Waals surface area contributed by atoms with Crippen molar-refractivity contribution in [3.05, 3.63) is 77.4 Å². The Morgan fingerprint density at radius 2 is 1.68 bits per heavy atom. The van der Waals surface area contributed by atoms with Crippen molar-refractivity contribution in [3.8, 4) is 0 Å². The minimum Gasteiger partial charge on any atom is -0.394 e. The maximum atomic E-state index is 14.1. The third-order valence-corrected chi connectivity index (χ3v) is 7.98. The first kappa shape index (κ1) is 26.6. The van der Waals surface area contributed by atoms with E-state index in [0.717, 1.165) is 22.4 Å². The summed E-state index contributed by atoms with van der Waals surface area (Å²) in [5.74, 6) is -2.58. The van der Waals surface area contributed by atoms with E-state index in [0.29, 0.717) is 12.8 Å². The maximum absolute atomic E-state index is 14.1. The van der Waals surface area contributed by atoms with E-state index in [-0.39, 0.29) is 30.2 Å². The predicted octanol–water partition coefficient (Wildman–Crippen LogP) is 3.25. The summed E-state index contributed by atoms with van der Waals surface area (Å²) in [5, 5.41) is 16.3. The molecule has 2 aromatic rings. The summed E-state index contributed by atoms with van der Waals surface area (Å²) in [7, 11) is 1.58. The number of nitrogens with zero attached hydrogens (tertiary/aromatic N) is 1. The lowest BCUT2D eigenvalue weighted by atomic mass is 9.69. The van der Waals surface area contributed by atoms with Crippen LogP contribution in [0.2, 0.25) is 0 Å². The SMILES string of the molecule is CC[C@@H]1C=C[C@H]2[C@H](C(=O)N([C@@H](CO)Cc3ccccc3)[C@@H]2C(=O)Nc2c(C)cccc2C)[C@@H]1C(=O)NC. The molecule has 0 spiro atoms. The number of allylic oxidation sites excluding steroid dienone is 1. The van der Waals surface area contributed by atoms with Gasteiger partial charge in [-0.25, -0.2) is 0 Å². The number of amides is 3. The second-order valence-electron chi connectivity index (χ2n) is 10.2. The Hall–Kier alpha value is -3.45. The first-order valence-corrected chi connectivity index (χ1v) is 13.1. The second-order valence-corrected chi connectivity index (χ2v) is 10.2. The van der Waals surface area contributed by atoms with Crippen LogP contribution in [0.25, 0.3) is 0 Å². The molecular weight excluding hydrogens is 466 g/mol. The monoisotopic (exact) mass is 503 g/mol. The number of aliphatic hydroxyl groups excluding tert-OH is 1. The molecule has 1 aliphatic carbocycles. The molecule has 37 heavy (non-hydrogen) atoms. The molecule has 0 aromatic heterocycles. The van der Waals surface area contributed by atoms with Crippen LogP contribution in [0, 0.1) is 37.5 Å². The van der Waals surface area contributed by atoms with Crippen molar-refractivity contribution >= 4 is 23.4 Å². The summed E-state index contributed by atoms with van der Waals surface area (Å²) < 4.78 is 0. The van der Waals surface area contributed by atoms with E-state index in [9.17, 15) is 19.5 Å². The van der Waals surface area contributed by atoms with Crippen LogP contribution in [0.15, 0.2) is 60.7 Å². The van der Waals surface area contributed by atoms with Gasteiger partial charge in [0.25, 0.3) is 0 Å². The molecule has 1 fully saturated rings. The third kappa shape index (κ3) is 5.05. The lowest BCUT2D eigenvalue weighted by Crippen LogP contribution is -2.51. The van der Waals surface area contributed by atoms with E-state index in [4.69, 9.17) is 0 Å². The molecule has 0 radical (unpaired) electrons. The molecule has 196 valence electrons. The van der Waals surface area contributed by atoms with Crippen molar-refractivity contribution in [2.75, 3.05) is 19.0 Å². The summed E-state index contributed by atoms with van der Waals surface area (Å²) in [5.41, 5.74) is 3.54. The zero-order chi connectivity index (χ0) is 26.7. The number of benzene rings is 2. The molecule has 4 rings (SSSR count). The quantitative estimate of drug-likeness (QED) is 0.482. The number of aryl methyl sites for hydroxylation is 2. The van der Waals surface area contributed by atoms with Gasteiger partial charge in [-0.15, -0.1) is 0 Å². The van der Waals surface area contributed by atoms with E-state index >= 15 is 0 Å². The molecule has 1 saturated heterocycles. The van der Waals surface area contributed by atoms with Crippen molar-refractivity contribution in [1.29, 1.82) is 0 Å². The zero-order valence-electron chi connectivity index (χ0n) is 22.0. The fourth-order valence-corrected chi connectivity index (χ4v) is 6.10. The van der Waals surface area contributed by atoms with Gasteiger partial charge in [-0.05, 0) is 49.3 Å². The van der Waals surface area contributed by atoms with E-state index in [1.54, 1.807) is 11.9 Å². The van der Waals surface area contributed by atoms with Gasteiger partial charge in [0.1, 0.15) is 6.04 Å². The van der Waals surface area contributed by atoms with Crippen molar-refractivity contribution in [3.63, 3.8) is 0 Å². The number of aliphatic hydroxyl groups is 1. The van der Waals surface area contributed by atoms with Gasteiger partial charge < -0.3 is 20.6 Å². The summed E-state index contributed by atoms with van der Waals surface area (Å²) in [6.07, 6.45) is 5.05. The smallest absolute Gasteiger partial charge is 0.247 e. The Bertz CT molecular complexity index is 1160. The molecule has 0 bridgehead atoms. The average Bonchev–Trinajstić information content (AvgIpc) is 3.21. The van der Waals surface area contributed by atoms with E-state index < -0.39 is 29.8 Å². The number of likely N-dealkylation sites (tertiary alicyclic amines) is 1. The molecule has 7 heteroatoms. The van der Waals surface area contributed by atoms with Crippen LogP contribution < -0.4 is 10.6 Å². The minimum atomic E-state index is -0.849. The second kappa shape index (κ2) is 11.3. The predicted molar refractivity (Wildman–Crippen MR) is 144 cm³/mol. The number of carbonyl (C=O) groups excluding carboxylic acids is 3. The highest BCUT2D eigenvalue weighted by atomic mass is 16.3. The molecule has 3 N–H and O–H groups in total. The number of hydrogen-bond acceptors (Lipinski definition) is 4. The number of rotatable bonds is 8. The third-order valence-electron chi connectivity index (χ3n) is 7.98. The number of nitrogens with one attached hydrogen (secondary N) is 2. The fourth-order valence-electron chi connectivity index (χ4n) is 6.10. The lowest BCUT2D eigenvalue weighted by Gasteiger charge is -2.34. The topological polar surface area (TPSA) is 98.7 Å². The number of fused-ring (bicyclic) bond motifs is 1. The highest BCUT2D eigenvalue weighted by Crippen LogP contribution is 2.46. The highest BCUT2D eigenvalue weighted by Gasteiger charge is 2.58. The van der Waals surface area contributed by atoms with Gasteiger partial charge in [0, 0.05) is 18.7 Å². The van der Waals surface area contributed by atoms with E-state index in [2.05, 4.69) is 10.6 Å². The Morgan fingerprint density at radius 3 is 2.27 bits per heavy atom. The standard InChI is InChI=1S/C30H37N3O4/c1-5-21-14-15-23-25(24(21)28(35)31-4)30(37)33(22(17-34)16-20-12-7-6-8-13-20)27(23)29(36)32-26-18(2)10-9-11-19(26)3/h6-15,21-25,27,34H,5,16-17H2,1-4H3,(H,31,35)(H,32,36)/t21-,22-,23+,24-,25+,27+/m1/s1. The van der Waals surface area contributed by atoms with Gasteiger partial charge in [0.05, 0.1) is 24.5 Å². The Balaban J connectivity index is 1.77. The summed E-state index contributed by atoms with van der Waals surface area (Å²) in [6.45, 7) is 5.57. The molecule has 7 nitrogen and oxygen atoms in total. The summed E-state index contributed by atoms with van der Waals surface area (Å²) >= 11 is 0. The van der Waals surface area contributed by atoms with Crippen molar-refractivity contribution in [1.82, 2.24) is 10.2 Å². The number of hydrogen-bond donors (Lipinski definition) is 3. The van der Waals surface area contributed by atoms with E-state index in [1.165, 1.54) is 0 Å². The van der Waals surface area contributed by atoms with Crippen LogP contribution in [0.1, 0.15) is 30.0 Å². The molecule has 0 unspecified atom stereocenters. The number of anilines is 1. The molecule has 1 aliphatic heterocycles. The van der Waals surface area contributed by atoms with Crippen LogP contribution in [0.5, 0.6) is 0 Å². The largest absolute Gasteiger partial charge is 0.394 e. The van der Waals surface area contributed by atoms with Gasteiger partial charge in [0.2, 0.25) is 17.7 Å². The highest BCUT2D eigenvalue weighted by molar-refractivity contribution is 6.02. The van der Waals surface area contributed by atoms with Crippen molar-refractivity contribution < 1.29 is 19.5 Å². The molecule has 2 aliphatic rings. The van der Waals surface area contributed by atoms with Gasteiger partial charge >= 0.3 is 0 Å². The van der Waals surface area contributed by atoms with Crippen LogP contribution in [0.3, 0.4) is 0 Å². The van der Waals surface area contributed by atoms with Gasteiger partial charge in [-0.1, -0.05) is 67.6 Å². The fraction of sp³-hybridized carbons (Fsp3) is 0.433. The maximum Gasteiger partial charge on any atom is 0.247 e. The molecule has 0 saturated carbocycles. The van der Waals surface area contributed by atoms with Crippen molar-refractivity contribution in [2.24, 2.45) is 23.7 Å². The van der Waals surface area contributed by atoms with Gasteiger partial charge in [-0.3, -0.25) is 14.4 Å². The van der Waals surface area contributed by atoms with Crippen LogP contribution in [-0.2, 0) is 20.8 Å². The summed E-state index contributed by atoms with van der Waals surface area (Å²) in [6, 6.07) is 14.0. The normalized spacial score (nSPS) is 25.5. The summed E-state index contributed by atoms with van der Waals surface area (Å²) in [4.78, 5) is 42.7. The number of carbonyl (C=O) groups is 3. The molecule has 1 heterocycles. The molecule has 2 aromatic carbocycles. The first-order valence-electron chi connectivity index (χ1n) is 13.1. The molecular formula is C30H37N3O4. The lowest BCUT2D eigenvalue weighted by molar-refractivity contribution is -0.142.